The lowest BCUT2D eigenvalue weighted by atomic mass is 9.49. The minimum absolute atomic E-state index is 0.0986. The molecule has 0 saturated heterocycles. The number of nitrogens with two attached hydrogens (primary N) is 1. The highest BCUT2D eigenvalue weighted by atomic mass is 16.1. The van der Waals surface area contributed by atoms with E-state index in [0.29, 0.717) is 6.54 Å². The van der Waals surface area contributed by atoms with Gasteiger partial charge < -0.3 is 15.0 Å². The van der Waals surface area contributed by atoms with Crippen molar-refractivity contribution < 1.29 is 0 Å². The molecule has 7 aliphatic carbocycles. The first kappa shape index (κ1) is 23.9. The number of hydrogen-bond donors (Lipinski definition) is 1. The second-order valence-corrected chi connectivity index (χ2v) is 12.8. The van der Waals surface area contributed by atoms with Gasteiger partial charge in [0, 0.05) is 12.6 Å². The van der Waals surface area contributed by atoms with Crippen LogP contribution in [0.4, 0.5) is 0 Å². The summed E-state index contributed by atoms with van der Waals surface area (Å²) in [5.41, 5.74) is 4.07. The summed E-state index contributed by atoms with van der Waals surface area (Å²) in [6, 6.07) is 16.5. The maximum Gasteiger partial charge on any atom is 0.284 e. The fraction of sp³-hybridized carbons (Fsp3) is 0.531. The molecule has 1 heterocycles. The number of para-hydroxylation sites is 2. The molecule has 5 saturated carbocycles. The third-order valence-electron chi connectivity index (χ3n) is 10.1. The lowest BCUT2D eigenvalue weighted by Gasteiger charge is -2.57. The second-order valence-electron chi connectivity index (χ2n) is 12.8. The van der Waals surface area contributed by atoms with Crippen molar-refractivity contribution in [3.63, 3.8) is 0 Å². The Hall–Kier alpha value is -3.15. The molecule has 5 fully saturated rings. The summed E-state index contributed by atoms with van der Waals surface area (Å²) < 4.78 is 3.71. The van der Waals surface area contributed by atoms with Crippen LogP contribution >= 0.6 is 0 Å². The van der Waals surface area contributed by atoms with Crippen molar-refractivity contribution in [3.05, 3.63) is 74.6 Å². The number of aromatic nitrogens is 2. The van der Waals surface area contributed by atoms with E-state index in [1.165, 1.54) is 56.1 Å². The quantitative estimate of drug-likeness (QED) is 0.299. The average Bonchev–Trinajstić information content (AvgIpc) is 3.53. The van der Waals surface area contributed by atoms with E-state index in [9.17, 15) is 9.59 Å². The minimum Gasteiger partial charge on any atom is -0.322 e. The van der Waals surface area contributed by atoms with E-state index in [-0.39, 0.29) is 27.9 Å². The van der Waals surface area contributed by atoms with Crippen molar-refractivity contribution in [1.29, 1.82) is 0 Å². The molecule has 0 amide bonds. The van der Waals surface area contributed by atoms with E-state index in [0.717, 1.165) is 54.5 Å². The molecule has 4 bridgehead atoms. The summed E-state index contributed by atoms with van der Waals surface area (Å²) in [7, 11) is 0. The van der Waals surface area contributed by atoms with E-state index in [1.54, 1.807) is 0 Å². The zero-order valence-electron chi connectivity index (χ0n) is 22.1. The monoisotopic (exact) mass is 510 g/mol. The van der Waals surface area contributed by atoms with Gasteiger partial charge in [0.1, 0.15) is 0 Å². The Morgan fingerprint density at radius 2 is 1.39 bits per heavy atom. The smallest absolute Gasteiger partial charge is 0.284 e. The maximum absolute atomic E-state index is 13.8. The van der Waals surface area contributed by atoms with E-state index in [1.807, 2.05) is 33.4 Å². The van der Waals surface area contributed by atoms with Gasteiger partial charge in [0.25, 0.3) is 11.1 Å². The van der Waals surface area contributed by atoms with Crippen molar-refractivity contribution in [1.82, 2.24) is 9.13 Å². The topological polar surface area (TPSA) is 82.4 Å². The number of rotatable bonds is 3. The molecule has 0 radical (unpaired) electrons. The third kappa shape index (κ3) is 4.13. The van der Waals surface area contributed by atoms with Crippen molar-refractivity contribution >= 4 is 11.0 Å². The SMILES string of the molecule is NN=c1c(=O)n(CC23CC4CC(CC(C4)C2)C3)c2ccccc2n(C2CCCCC2)c1=O.c1cc2cc-2c1. The Morgan fingerprint density at radius 1 is 0.789 bits per heavy atom. The Kier molecular flexibility index (Phi) is 5.82. The Balaban J connectivity index is 0.000000351. The molecular formula is C32H38N4O2. The Morgan fingerprint density at radius 3 is 1.92 bits per heavy atom. The molecule has 2 aromatic rings. The predicted octanol–water partition coefficient (Wildman–Crippen LogP) is 5.33. The molecule has 0 spiro atoms. The zero-order chi connectivity index (χ0) is 25.9. The molecule has 2 N–H and O–H groups in total. The largest absolute Gasteiger partial charge is 0.322 e. The van der Waals surface area contributed by atoms with Crippen LogP contribution in [-0.4, -0.2) is 9.13 Å². The first-order chi connectivity index (χ1) is 18.5. The van der Waals surface area contributed by atoms with E-state index in [2.05, 4.69) is 29.4 Å². The first-order valence-electron chi connectivity index (χ1n) is 14.7. The predicted molar refractivity (Wildman–Crippen MR) is 150 cm³/mol. The zero-order valence-corrected chi connectivity index (χ0v) is 22.1. The highest BCUT2D eigenvalue weighted by Gasteiger charge is 2.51. The van der Waals surface area contributed by atoms with Gasteiger partial charge in [0.15, 0.2) is 0 Å². The van der Waals surface area contributed by atoms with Crippen LogP contribution in [-0.2, 0) is 6.54 Å². The molecule has 0 unspecified atom stereocenters. The van der Waals surface area contributed by atoms with Gasteiger partial charge in [-0.2, -0.15) is 5.10 Å². The first-order valence-corrected chi connectivity index (χ1v) is 14.7. The molecule has 1 aromatic heterocycles. The maximum atomic E-state index is 13.8. The lowest BCUT2D eigenvalue weighted by Crippen LogP contribution is -2.51. The molecular weight excluding hydrogens is 472 g/mol. The van der Waals surface area contributed by atoms with E-state index in [4.69, 9.17) is 5.84 Å². The standard InChI is InChI=1S/C26H34N4O2.C6H4/c27-28-23-24(31)29(16-26-13-17-10-18(14-26)12-19(11-17)15-26)21-8-4-5-9-22(21)30(25(23)32)20-6-2-1-3-7-20;1-2-5-4-6(5)3-1/h4-5,8-9,17-20H,1-3,6-7,10-16,27H2;1-4H. The molecule has 38 heavy (non-hydrogen) atoms. The number of nitrogens with zero attached hydrogens (tertiary/aromatic N) is 3. The van der Waals surface area contributed by atoms with Crippen molar-refractivity contribution in [2.75, 3.05) is 0 Å². The summed E-state index contributed by atoms with van der Waals surface area (Å²) in [5, 5.41) is 3.66. The summed E-state index contributed by atoms with van der Waals surface area (Å²) in [6.07, 6.45) is 13.1. The summed E-state index contributed by atoms with van der Waals surface area (Å²) in [4.78, 5) is 27.4. The van der Waals surface area contributed by atoms with Gasteiger partial charge in [0.05, 0.1) is 11.0 Å². The lowest BCUT2D eigenvalue weighted by molar-refractivity contribution is -0.0617. The third-order valence-corrected chi connectivity index (χ3v) is 10.1. The fourth-order valence-electron chi connectivity index (χ4n) is 8.91. The van der Waals surface area contributed by atoms with Gasteiger partial charge in [-0.05, 0) is 104 Å². The molecule has 0 aliphatic heterocycles. The summed E-state index contributed by atoms with van der Waals surface area (Å²) in [5.74, 6) is 8.12. The Bertz CT molecular complexity index is 1520. The van der Waals surface area contributed by atoms with Crippen LogP contribution in [0, 0.1) is 23.2 Å². The van der Waals surface area contributed by atoms with Gasteiger partial charge in [-0.3, -0.25) is 9.59 Å². The van der Waals surface area contributed by atoms with E-state index >= 15 is 0 Å². The minimum atomic E-state index is -0.329. The molecule has 1 aromatic carbocycles. The molecule has 6 heteroatoms. The average molecular weight is 511 g/mol. The van der Waals surface area contributed by atoms with Gasteiger partial charge in [0.2, 0.25) is 5.36 Å². The molecule has 9 rings (SSSR count). The van der Waals surface area contributed by atoms with Crippen molar-refractivity contribution in [2.24, 2.45) is 34.1 Å². The van der Waals surface area contributed by atoms with Crippen LogP contribution in [0.1, 0.15) is 76.7 Å². The number of hydrogen-bond acceptors (Lipinski definition) is 4. The number of fused-ring (bicyclic) bond motifs is 2. The molecule has 6 nitrogen and oxygen atoms in total. The fourth-order valence-corrected chi connectivity index (χ4v) is 8.91. The van der Waals surface area contributed by atoms with Crippen molar-refractivity contribution in [2.45, 2.75) is 83.2 Å². The molecule has 198 valence electrons. The summed E-state index contributed by atoms with van der Waals surface area (Å²) in [6.45, 7) is 0.678. The Labute approximate surface area is 223 Å². The molecule has 7 aliphatic rings. The van der Waals surface area contributed by atoms with Crippen LogP contribution in [0.2, 0.25) is 0 Å². The van der Waals surface area contributed by atoms with Gasteiger partial charge in [-0.1, -0.05) is 49.6 Å². The van der Waals surface area contributed by atoms with Gasteiger partial charge in [-0.25, -0.2) is 0 Å². The summed E-state index contributed by atoms with van der Waals surface area (Å²) >= 11 is 0. The van der Waals surface area contributed by atoms with Crippen LogP contribution in [0.5, 0.6) is 0 Å². The highest BCUT2D eigenvalue weighted by molar-refractivity contribution is 5.80. The van der Waals surface area contributed by atoms with E-state index < -0.39 is 0 Å². The van der Waals surface area contributed by atoms with Crippen LogP contribution < -0.4 is 22.3 Å². The highest BCUT2D eigenvalue weighted by Crippen LogP contribution is 2.60. The van der Waals surface area contributed by atoms with Gasteiger partial charge in [-0.15, -0.1) is 0 Å². The van der Waals surface area contributed by atoms with Gasteiger partial charge >= 0.3 is 0 Å². The van der Waals surface area contributed by atoms with Crippen molar-refractivity contribution in [3.8, 4) is 11.1 Å². The van der Waals surface area contributed by atoms with Crippen LogP contribution in [0.25, 0.3) is 22.2 Å². The van der Waals surface area contributed by atoms with Crippen LogP contribution in [0.3, 0.4) is 0 Å². The normalized spacial score (nSPS) is 29.3. The number of benzene rings is 2. The second kappa shape index (κ2) is 9.25. The van der Waals surface area contributed by atoms with Crippen LogP contribution in [0.15, 0.2) is 63.2 Å². The molecule has 0 atom stereocenters.